The quantitative estimate of drug-likeness (QED) is 0.778. The van der Waals surface area contributed by atoms with Gasteiger partial charge in [-0.25, -0.2) is 0 Å². The summed E-state index contributed by atoms with van der Waals surface area (Å²) >= 11 is 0. The lowest BCUT2D eigenvalue weighted by Crippen LogP contribution is -2.13. The van der Waals surface area contributed by atoms with Gasteiger partial charge in [0.15, 0.2) is 0 Å². The van der Waals surface area contributed by atoms with E-state index in [1.54, 1.807) is 0 Å². The summed E-state index contributed by atoms with van der Waals surface area (Å²) < 4.78 is 5.85. The van der Waals surface area contributed by atoms with Gasteiger partial charge in [-0.3, -0.25) is 0 Å². The lowest BCUT2D eigenvalue weighted by Gasteiger charge is -2.18. The van der Waals surface area contributed by atoms with Crippen LogP contribution in [0.1, 0.15) is 31.9 Å². The summed E-state index contributed by atoms with van der Waals surface area (Å²) in [5, 5.41) is 0. The fraction of sp³-hybridized carbons (Fsp3) is 0.538. The van der Waals surface area contributed by atoms with Crippen molar-refractivity contribution in [3.05, 3.63) is 35.9 Å². The molecule has 84 valence electrons. The van der Waals surface area contributed by atoms with E-state index in [1.807, 2.05) is 18.2 Å². The van der Waals surface area contributed by atoms with Gasteiger partial charge in [0.1, 0.15) is 0 Å². The Balaban J connectivity index is 2.57. The van der Waals surface area contributed by atoms with E-state index in [1.165, 1.54) is 5.56 Å². The highest BCUT2D eigenvalue weighted by Crippen LogP contribution is 2.20. The zero-order valence-electron chi connectivity index (χ0n) is 9.65. The molecule has 0 spiro atoms. The summed E-state index contributed by atoms with van der Waals surface area (Å²) in [6.45, 7) is 5.77. The van der Waals surface area contributed by atoms with E-state index in [2.05, 4.69) is 26.0 Å². The molecule has 0 fully saturated rings. The molecule has 0 radical (unpaired) electrons. The van der Waals surface area contributed by atoms with Crippen LogP contribution in [-0.4, -0.2) is 13.2 Å². The number of ether oxygens (including phenoxy) is 1. The van der Waals surface area contributed by atoms with Crippen LogP contribution < -0.4 is 5.73 Å². The molecule has 0 saturated heterocycles. The van der Waals surface area contributed by atoms with Gasteiger partial charge in [0.2, 0.25) is 0 Å². The number of hydrogen-bond acceptors (Lipinski definition) is 2. The zero-order valence-corrected chi connectivity index (χ0v) is 9.65. The van der Waals surface area contributed by atoms with E-state index in [0.29, 0.717) is 12.5 Å². The second-order valence-electron chi connectivity index (χ2n) is 4.20. The highest BCUT2D eigenvalue weighted by molar-refractivity contribution is 5.17. The van der Waals surface area contributed by atoms with E-state index < -0.39 is 0 Å². The summed E-state index contributed by atoms with van der Waals surface area (Å²) in [5.41, 5.74) is 6.82. The maximum atomic E-state index is 5.85. The Kier molecular flexibility index (Phi) is 5.37. The second kappa shape index (κ2) is 6.59. The summed E-state index contributed by atoms with van der Waals surface area (Å²) in [7, 11) is 0. The topological polar surface area (TPSA) is 35.2 Å². The molecule has 2 heteroatoms. The maximum Gasteiger partial charge on any atom is 0.0837 e. The van der Waals surface area contributed by atoms with Crippen LogP contribution >= 0.6 is 0 Å². The Morgan fingerprint density at radius 3 is 2.40 bits per heavy atom. The maximum absolute atomic E-state index is 5.85. The first-order valence-electron chi connectivity index (χ1n) is 5.60. The van der Waals surface area contributed by atoms with Crippen LogP contribution in [0.2, 0.25) is 0 Å². The van der Waals surface area contributed by atoms with Crippen molar-refractivity contribution in [1.29, 1.82) is 0 Å². The Hall–Kier alpha value is -0.860. The van der Waals surface area contributed by atoms with Gasteiger partial charge in [0.05, 0.1) is 6.10 Å². The van der Waals surface area contributed by atoms with E-state index in [9.17, 15) is 0 Å². The summed E-state index contributed by atoms with van der Waals surface area (Å²) in [6.07, 6.45) is 1.04. The molecule has 0 aliphatic rings. The van der Waals surface area contributed by atoms with Crippen molar-refractivity contribution in [1.82, 2.24) is 0 Å². The first-order valence-corrected chi connectivity index (χ1v) is 5.60. The number of rotatable bonds is 6. The summed E-state index contributed by atoms with van der Waals surface area (Å²) in [6, 6.07) is 10.3. The van der Waals surface area contributed by atoms with Crippen LogP contribution in [0, 0.1) is 5.92 Å². The Labute approximate surface area is 92.4 Å². The average Bonchev–Trinajstić information content (AvgIpc) is 2.25. The molecule has 0 amide bonds. The molecule has 0 aromatic heterocycles. The van der Waals surface area contributed by atoms with Crippen LogP contribution in [0.3, 0.4) is 0 Å². The van der Waals surface area contributed by atoms with E-state index >= 15 is 0 Å². The molecular weight excluding hydrogens is 186 g/mol. The number of hydrogen-bond donors (Lipinski definition) is 1. The fourth-order valence-corrected chi connectivity index (χ4v) is 1.47. The molecule has 15 heavy (non-hydrogen) atoms. The van der Waals surface area contributed by atoms with Gasteiger partial charge in [-0.1, -0.05) is 44.2 Å². The smallest absolute Gasteiger partial charge is 0.0837 e. The molecule has 0 aliphatic heterocycles. The molecule has 1 aromatic carbocycles. The molecule has 1 atom stereocenters. The normalized spacial score (nSPS) is 13.1. The Bertz CT molecular complexity index is 258. The predicted octanol–water partition coefficient (Wildman–Crippen LogP) is 2.75. The van der Waals surface area contributed by atoms with Gasteiger partial charge >= 0.3 is 0 Å². The second-order valence-corrected chi connectivity index (χ2v) is 4.20. The van der Waals surface area contributed by atoms with Crippen LogP contribution in [0.5, 0.6) is 0 Å². The van der Waals surface area contributed by atoms with Crippen molar-refractivity contribution in [3.63, 3.8) is 0 Å². The van der Waals surface area contributed by atoms with Crippen molar-refractivity contribution in [3.8, 4) is 0 Å². The minimum atomic E-state index is 0.151. The van der Waals surface area contributed by atoms with Crippen molar-refractivity contribution in [2.75, 3.05) is 13.2 Å². The third-order valence-electron chi connectivity index (χ3n) is 2.23. The highest BCUT2D eigenvalue weighted by atomic mass is 16.5. The number of nitrogens with two attached hydrogens (primary N) is 1. The molecule has 0 aliphatic carbocycles. The average molecular weight is 207 g/mol. The minimum absolute atomic E-state index is 0.151. The lowest BCUT2D eigenvalue weighted by atomic mass is 10.1. The molecule has 0 saturated carbocycles. The van der Waals surface area contributed by atoms with Gasteiger partial charge in [-0.05, 0) is 24.4 Å². The Morgan fingerprint density at radius 2 is 1.87 bits per heavy atom. The van der Waals surface area contributed by atoms with Gasteiger partial charge in [0.25, 0.3) is 0 Å². The van der Waals surface area contributed by atoms with E-state index in [0.717, 1.165) is 13.0 Å². The van der Waals surface area contributed by atoms with Crippen molar-refractivity contribution < 1.29 is 4.74 Å². The third kappa shape index (κ3) is 4.45. The van der Waals surface area contributed by atoms with Gasteiger partial charge in [-0.15, -0.1) is 0 Å². The standard InChI is InChI=1S/C13H21NO/c1-11(2)10-15-13(8-9-14)12-6-4-3-5-7-12/h3-7,11,13H,8-10,14H2,1-2H3. The molecular formula is C13H21NO. The van der Waals surface area contributed by atoms with Gasteiger partial charge in [0, 0.05) is 6.61 Å². The van der Waals surface area contributed by atoms with Crippen molar-refractivity contribution in [2.24, 2.45) is 11.7 Å². The molecule has 2 N–H and O–H groups in total. The molecule has 1 unspecified atom stereocenters. The number of benzene rings is 1. The van der Waals surface area contributed by atoms with Gasteiger partial charge < -0.3 is 10.5 Å². The molecule has 2 nitrogen and oxygen atoms in total. The van der Waals surface area contributed by atoms with Crippen molar-refractivity contribution in [2.45, 2.75) is 26.4 Å². The highest BCUT2D eigenvalue weighted by Gasteiger charge is 2.10. The first-order chi connectivity index (χ1) is 7.24. The van der Waals surface area contributed by atoms with Gasteiger partial charge in [-0.2, -0.15) is 0 Å². The van der Waals surface area contributed by atoms with E-state index in [4.69, 9.17) is 10.5 Å². The predicted molar refractivity (Wildman–Crippen MR) is 63.6 cm³/mol. The molecule has 0 heterocycles. The van der Waals surface area contributed by atoms with Crippen LogP contribution in [0.25, 0.3) is 0 Å². The first kappa shape index (κ1) is 12.2. The minimum Gasteiger partial charge on any atom is -0.373 e. The lowest BCUT2D eigenvalue weighted by molar-refractivity contribution is 0.0311. The molecule has 0 bridgehead atoms. The Morgan fingerprint density at radius 1 is 1.20 bits per heavy atom. The fourth-order valence-electron chi connectivity index (χ4n) is 1.47. The zero-order chi connectivity index (χ0) is 11.1. The van der Waals surface area contributed by atoms with Crippen LogP contribution in [0.4, 0.5) is 0 Å². The molecule has 1 aromatic rings. The van der Waals surface area contributed by atoms with Crippen LogP contribution in [0.15, 0.2) is 30.3 Å². The van der Waals surface area contributed by atoms with Crippen LogP contribution in [-0.2, 0) is 4.74 Å². The summed E-state index contributed by atoms with van der Waals surface area (Å²) in [5.74, 6) is 0.564. The SMILES string of the molecule is CC(C)COC(CCN)c1ccccc1. The van der Waals surface area contributed by atoms with Crippen molar-refractivity contribution >= 4 is 0 Å². The molecule has 1 rings (SSSR count). The van der Waals surface area contributed by atoms with E-state index in [-0.39, 0.29) is 6.10 Å². The summed E-state index contributed by atoms with van der Waals surface area (Å²) in [4.78, 5) is 0. The largest absolute Gasteiger partial charge is 0.373 e. The monoisotopic (exact) mass is 207 g/mol. The third-order valence-corrected chi connectivity index (χ3v) is 2.23.